The predicted molar refractivity (Wildman–Crippen MR) is 77.6 cm³/mol. The largest absolute Gasteiger partial charge is 0.381 e. The summed E-state index contributed by atoms with van der Waals surface area (Å²) in [7, 11) is 0. The van der Waals surface area contributed by atoms with E-state index in [1.54, 1.807) is 4.90 Å². The van der Waals surface area contributed by atoms with Gasteiger partial charge >= 0.3 is 0 Å². The van der Waals surface area contributed by atoms with Gasteiger partial charge in [0.2, 0.25) is 0 Å². The summed E-state index contributed by atoms with van der Waals surface area (Å²) in [5, 5.41) is 0. The van der Waals surface area contributed by atoms with Crippen LogP contribution in [0.5, 0.6) is 0 Å². The van der Waals surface area contributed by atoms with Crippen molar-refractivity contribution in [1.82, 2.24) is 9.80 Å². The smallest absolute Gasteiger partial charge is 0.254 e. The summed E-state index contributed by atoms with van der Waals surface area (Å²) in [5.41, 5.74) is 0.0788. The molecule has 2 saturated heterocycles. The van der Waals surface area contributed by atoms with Crippen LogP contribution >= 0.6 is 0 Å². The van der Waals surface area contributed by atoms with Gasteiger partial charge < -0.3 is 9.64 Å². The summed E-state index contributed by atoms with van der Waals surface area (Å²) in [5.74, 6) is -1.16. The Bertz CT molecular complexity index is 519. The zero-order chi connectivity index (χ0) is 15.5. The Morgan fingerprint density at radius 1 is 1.14 bits per heavy atom. The molecule has 0 N–H and O–H groups in total. The normalized spacial score (nSPS) is 23.0. The summed E-state index contributed by atoms with van der Waals surface area (Å²) in [4.78, 5) is 16.3. The van der Waals surface area contributed by atoms with Crippen LogP contribution in [0.3, 0.4) is 0 Å². The second-order valence-electron chi connectivity index (χ2n) is 5.98. The molecule has 1 aromatic rings. The van der Waals surface area contributed by atoms with E-state index >= 15 is 0 Å². The van der Waals surface area contributed by atoms with E-state index < -0.39 is 11.6 Å². The van der Waals surface area contributed by atoms with Crippen molar-refractivity contribution in [3.8, 4) is 0 Å². The Morgan fingerprint density at radius 2 is 1.82 bits per heavy atom. The molecule has 2 heterocycles. The first kappa shape index (κ1) is 15.4. The zero-order valence-corrected chi connectivity index (χ0v) is 12.4. The maximum Gasteiger partial charge on any atom is 0.254 e. The van der Waals surface area contributed by atoms with Gasteiger partial charge in [0, 0.05) is 51.0 Å². The van der Waals surface area contributed by atoms with Gasteiger partial charge in [-0.15, -0.1) is 0 Å². The van der Waals surface area contributed by atoms with E-state index in [9.17, 15) is 13.6 Å². The maximum atomic E-state index is 13.2. The number of rotatable bonds is 3. The van der Waals surface area contributed by atoms with Crippen LogP contribution in [0.2, 0.25) is 0 Å². The molecule has 2 aliphatic heterocycles. The van der Waals surface area contributed by atoms with E-state index in [1.165, 1.54) is 0 Å². The van der Waals surface area contributed by atoms with E-state index in [0.29, 0.717) is 19.0 Å². The molecular formula is C16H20F2N2O2. The van der Waals surface area contributed by atoms with Crippen molar-refractivity contribution in [2.24, 2.45) is 5.92 Å². The van der Waals surface area contributed by atoms with Crippen molar-refractivity contribution < 1.29 is 18.3 Å². The molecule has 0 radical (unpaired) electrons. The Hall–Kier alpha value is -1.53. The molecule has 0 bridgehead atoms. The quantitative estimate of drug-likeness (QED) is 0.853. The predicted octanol–water partition coefficient (Wildman–Crippen LogP) is 1.76. The van der Waals surface area contributed by atoms with Gasteiger partial charge in [0.15, 0.2) is 0 Å². The lowest BCUT2D eigenvalue weighted by atomic mass is 10.1. The molecule has 1 aromatic carbocycles. The van der Waals surface area contributed by atoms with Gasteiger partial charge in [0.05, 0.1) is 6.61 Å². The van der Waals surface area contributed by atoms with Crippen LogP contribution in [0, 0.1) is 17.6 Å². The molecule has 0 unspecified atom stereocenters. The van der Waals surface area contributed by atoms with Crippen LogP contribution in [-0.4, -0.2) is 61.6 Å². The summed E-state index contributed by atoms with van der Waals surface area (Å²) in [6.07, 6.45) is 1.10. The van der Waals surface area contributed by atoms with Crippen LogP contribution in [0.15, 0.2) is 18.2 Å². The number of benzene rings is 1. The molecule has 0 aliphatic carbocycles. The fraction of sp³-hybridized carbons (Fsp3) is 0.562. The maximum absolute atomic E-state index is 13.2. The van der Waals surface area contributed by atoms with Crippen LogP contribution < -0.4 is 0 Å². The molecule has 6 heteroatoms. The first-order valence-electron chi connectivity index (χ1n) is 7.67. The van der Waals surface area contributed by atoms with Crippen molar-refractivity contribution >= 4 is 5.91 Å². The van der Waals surface area contributed by atoms with Crippen LogP contribution in [0.1, 0.15) is 16.8 Å². The highest BCUT2D eigenvalue weighted by atomic mass is 19.1. The second-order valence-corrected chi connectivity index (χ2v) is 5.98. The molecule has 1 amide bonds. The van der Waals surface area contributed by atoms with Gasteiger partial charge in [-0.25, -0.2) is 8.78 Å². The molecule has 22 heavy (non-hydrogen) atoms. The lowest BCUT2D eigenvalue weighted by Gasteiger charge is -2.35. The highest BCUT2D eigenvalue weighted by Crippen LogP contribution is 2.16. The minimum Gasteiger partial charge on any atom is -0.381 e. The number of halogens is 2. The molecule has 2 aliphatic rings. The molecular weight excluding hydrogens is 290 g/mol. The Labute approximate surface area is 128 Å². The second kappa shape index (κ2) is 6.71. The zero-order valence-electron chi connectivity index (χ0n) is 12.4. The first-order valence-corrected chi connectivity index (χ1v) is 7.67. The van der Waals surface area contributed by atoms with Crippen molar-refractivity contribution in [2.75, 3.05) is 45.9 Å². The number of carbonyl (C=O) groups excluding carboxylic acids is 1. The highest BCUT2D eigenvalue weighted by molar-refractivity contribution is 5.94. The van der Waals surface area contributed by atoms with Gasteiger partial charge in [0.1, 0.15) is 11.6 Å². The van der Waals surface area contributed by atoms with Gasteiger partial charge in [-0.1, -0.05) is 0 Å². The number of nitrogens with zero attached hydrogens (tertiary/aromatic N) is 2. The molecule has 4 nitrogen and oxygen atoms in total. The summed E-state index contributed by atoms with van der Waals surface area (Å²) >= 11 is 0. The van der Waals surface area contributed by atoms with Crippen molar-refractivity contribution in [1.29, 1.82) is 0 Å². The number of ether oxygens (including phenoxy) is 1. The third kappa shape index (κ3) is 3.62. The van der Waals surface area contributed by atoms with Gasteiger partial charge in [-0.3, -0.25) is 9.69 Å². The van der Waals surface area contributed by atoms with E-state index in [0.717, 1.165) is 57.5 Å². The average Bonchev–Trinajstić information content (AvgIpc) is 2.99. The fourth-order valence-electron chi connectivity index (χ4n) is 3.09. The van der Waals surface area contributed by atoms with Gasteiger partial charge in [-0.2, -0.15) is 0 Å². The first-order chi connectivity index (χ1) is 10.6. The number of piperazine rings is 1. The van der Waals surface area contributed by atoms with E-state index in [-0.39, 0.29) is 11.5 Å². The molecule has 2 fully saturated rings. The van der Waals surface area contributed by atoms with Crippen molar-refractivity contribution in [2.45, 2.75) is 6.42 Å². The van der Waals surface area contributed by atoms with E-state index in [1.807, 2.05) is 0 Å². The standard InChI is InChI=1S/C16H20F2N2O2/c17-14-7-13(8-15(18)9-14)16(21)20-4-2-19(3-5-20)10-12-1-6-22-11-12/h7-9,12H,1-6,10-11H2/t12-/m0/s1. The van der Waals surface area contributed by atoms with Crippen LogP contribution in [0.25, 0.3) is 0 Å². The monoisotopic (exact) mass is 310 g/mol. The fourth-order valence-corrected chi connectivity index (χ4v) is 3.09. The molecule has 120 valence electrons. The van der Waals surface area contributed by atoms with Crippen LogP contribution in [0.4, 0.5) is 8.78 Å². The van der Waals surface area contributed by atoms with Crippen molar-refractivity contribution in [3.05, 3.63) is 35.4 Å². The molecule has 1 atom stereocenters. The Kier molecular flexibility index (Phi) is 4.69. The van der Waals surface area contributed by atoms with Crippen LogP contribution in [-0.2, 0) is 4.74 Å². The third-order valence-electron chi connectivity index (χ3n) is 4.31. The van der Waals surface area contributed by atoms with Gasteiger partial charge in [0.25, 0.3) is 5.91 Å². The summed E-state index contributed by atoms with van der Waals surface area (Å²) < 4.78 is 31.8. The molecule has 0 spiro atoms. The van der Waals surface area contributed by atoms with E-state index in [2.05, 4.69) is 4.90 Å². The summed E-state index contributed by atoms with van der Waals surface area (Å²) in [6, 6.07) is 2.96. The number of carbonyl (C=O) groups is 1. The third-order valence-corrected chi connectivity index (χ3v) is 4.31. The van der Waals surface area contributed by atoms with Gasteiger partial charge in [-0.05, 0) is 24.5 Å². The Balaban J connectivity index is 1.55. The molecule has 0 saturated carbocycles. The average molecular weight is 310 g/mol. The topological polar surface area (TPSA) is 32.8 Å². The molecule has 0 aromatic heterocycles. The minimum atomic E-state index is -0.719. The number of hydrogen-bond acceptors (Lipinski definition) is 3. The number of hydrogen-bond donors (Lipinski definition) is 0. The Morgan fingerprint density at radius 3 is 2.41 bits per heavy atom. The minimum absolute atomic E-state index is 0.0788. The van der Waals surface area contributed by atoms with Crippen molar-refractivity contribution in [3.63, 3.8) is 0 Å². The van der Waals surface area contributed by atoms with E-state index in [4.69, 9.17) is 4.74 Å². The number of amides is 1. The molecule has 3 rings (SSSR count). The lowest BCUT2D eigenvalue weighted by molar-refractivity contribution is 0.0610. The SMILES string of the molecule is O=C(c1cc(F)cc(F)c1)N1CCN(C[C@@H]2CCOC2)CC1. The lowest BCUT2D eigenvalue weighted by Crippen LogP contribution is -2.49. The highest BCUT2D eigenvalue weighted by Gasteiger charge is 2.25. The summed E-state index contributed by atoms with van der Waals surface area (Å²) in [6.45, 7) is 5.42.